The molecule has 0 aliphatic rings. The largest absolute Gasteiger partial charge is 0.384 e. The van der Waals surface area contributed by atoms with Crippen molar-refractivity contribution in [3.8, 4) is 11.8 Å². The fraction of sp³-hybridized carbons (Fsp3) is 0.267. The molecule has 0 aliphatic heterocycles. The van der Waals surface area contributed by atoms with E-state index in [1.165, 1.54) is 0 Å². The van der Waals surface area contributed by atoms with Crippen LogP contribution in [0.4, 0.5) is 0 Å². The highest BCUT2D eigenvalue weighted by Gasteiger charge is 2.17. The number of hydrogen-bond acceptors (Lipinski definition) is 5. The first kappa shape index (κ1) is 15.2. The maximum atomic E-state index is 12.4. The Morgan fingerprint density at radius 2 is 2.33 bits per heavy atom. The van der Waals surface area contributed by atoms with E-state index in [1.807, 2.05) is 12.3 Å². The summed E-state index contributed by atoms with van der Waals surface area (Å²) in [5.74, 6) is 5.06. The van der Waals surface area contributed by atoms with Crippen LogP contribution in [0.15, 0.2) is 23.7 Å². The van der Waals surface area contributed by atoms with Gasteiger partial charge in [0.1, 0.15) is 12.3 Å². The van der Waals surface area contributed by atoms with Crippen molar-refractivity contribution in [1.82, 2.24) is 14.9 Å². The Labute approximate surface area is 127 Å². The van der Waals surface area contributed by atoms with Crippen molar-refractivity contribution in [2.75, 3.05) is 13.7 Å². The highest BCUT2D eigenvalue weighted by Crippen LogP contribution is 2.12. The molecule has 0 aliphatic carbocycles. The van der Waals surface area contributed by atoms with Crippen LogP contribution in [0.2, 0.25) is 0 Å². The number of aromatic nitrogens is 2. The van der Waals surface area contributed by atoms with Gasteiger partial charge in [0.05, 0.1) is 22.8 Å². The SMILES string of the molecule is Cc1nc(CN(C)C(=O)c2ncccc2C#CCO)cs1. The molecule has 1 amide bonds. The lowest BCUT2D eigenvalue weighted by atomic mass is 10.1. The molecule has 0 saturated carbocycles. The van der Waals surface area contributed by atoms with E-state index in [9.17, 15) is 4.79 Å². The molecule has 5 nitrogen and oxygen atoms in total. The molecule has 0 unspecified atom stereocenters. The van der Waals surface area contributed by atoms with Crippen LogP contribution in [0, 0.1) is 18.8 Å². The lowest BCUT2D eigenvalue weighted by Crippen LogP contribution is -2.28. The van der Waals surface area contributed by atoms with E-state index >= 15 is 0 Å². The van der Waals surface area contributed by atoms with Crippen molar-refractivity contribution >= 4 is 17.2 Å². The summed E-state index contributed by atoms with van der Waals surface area (Å²) in [4.78, 5) is 22.5. The minimum atomic E-state index is -0.254. The van der Waals surface area contributed by atoms with E-state index < -0.39 is 0 Å². The number of thiazole rings is 1. The Balaban J connectivity index is 2.19. The van der Waals surface area contributed by atoms with Crippen molar-refractivity contribution in [3.05, 3.63) is 45.7 Å². The maximum Gasteiger partial charge on any atom is 0.273 e. The molecule has 2 aromatic rings. The van der Waals surface area contributed by atoms with Crippen molar-refractivity contribution in [3.63, 3.8) is 0 Å². The van der Waals surface area contributed by atoms with Crippen molar-refractivity contribution < 1.29 is 9.90 Å². The number of carbonyl (C=O) groups is 1. The van der Waals surface area contributed by atoms with Gasteiger partial charge in [-0.3, -0.25) is 4.79 Å². The number of aliphatic hydroxyl groups is 1. The second kappa shape index (κ2) is 6.97. The van der Waals surface area contributed by atoms with Crippen LogP contribution in [-0.2, 0) is 6.54 Å². The second-order valence-electron chi connectivity index (χ2n) is 4.38. The zero-order valence-corrected chi connectivity index (χ0v) is 12.6. The quantitative estimate of drug-likeness (QED) is 0.872. The summed E-state index contributed by atoms with van der Waals surface area (Å²) in [7, 11) is 1.70. The molecule has 0 radical (unpaired) electrons. The Hall–Kier alpha value is -2.23. The van der Waals surface area contributed by atoms with Gasteiger partial charge >= 0.3 is 0 Å². The molecule has 0 spiro atoms. The van der Waals surface area contributed by atoms with E-state index in [-0.39, 0.29) is 18.2 Å². The monoisotopic (exact) mass is 301 g/mol. The highest BCUT2D eigenvalue weighted by molar-refractivity contribution is 7.09. The van der Waals surface area contributed by atoms with Crippen LogP contribution in [-0.4, -0.2) is 39.5 Å². The number of pyridine rings is 1. The summed E-state index contributed by atoms with van der Waals surface area (Å²) in [5, 5.41) is 11.7. The molecule has 0 bridgehead atoms. The van der Waals surface area contributed by atoms with Crippen LogP contribution in [0.3, 0.4) is 0 Å². The molecule has 0 aromatic carbocycles. The summed E-state index contributed by atoms with van der Waals surface area (Å²) < 4.78 is 0. The molecule has 0 saturated heterocycles. The number of aliphatic hydroxyl groups excluding tert-OH is 1. The van der Waals surface area contributed by atoms with E-state index in [0.29, 0.717) is 12.1 Å². The minimum absolute atomic E-state index is 0.219. The second-order valence-corrected chi connectivity index (χ2v) is 5.44. The Morgan fingerprint density at radius 3 is 3.00 bits per heavy atom. The van der Waals surface area contributed by atoms with Gasteiger partial charge in [-0.2, -0.15) is 0 Å². The number of hydrogen-bond donors (Lipinski definition) is 1. The van der Waals surface area contributed by atoms with Gasteiger partial charge in [0, 0.05) is 18.6 Å². The van der Waals surface area contributed by atoms with Gasteiger partial charge in [-0.25, -0.2) is 9.97 Å². The van der Waals surface area contributed by atoms with E-state index in [0.717, 1.165) is 10.7 Å². The molecule has 2 heterocycles. The van der Waals surface area contributed by atoms with Crippen LogP contribution in [0.1, 0.15) is 26.8 Å². The van der Waals surface area contributed by atoms with Gasteiger partial charge < -0.3 is 10.0 Å². The Kier molecular flexibility index (Phi) is 5.04. The topological polar surface area (TPSA) is 66.3 Å². The number of carbonyl (C=O) groups excluding carboxylic acids is 1. The van der Waals surface area contributed by atoms with E-state index in [1.54, 1.807) is 41.6 Å². The standard InChI is InChI=1S/C15H15N3O2S/c1-11-17-13(10-21-11)9-18(2)15(20)14-12(6-4-8-19)5-3-7-16-14/h3,5,7,10,19H,8-9H2,1-2H3. The molecular formula is C15H15N3O2S. The fourth-order valence-electron chi connectivity index (χ4n) is 1.79. The van der Waals surface area contributed by atoms with E-state index in [2.05, 4.69) is 21.8 Å². The summed E-state index contributed by atoms with van der Waals surface area (Å²) in [5.41, 5.74) is 1.65. The third-order valence-corrected chi connectivity index (χ3v) is 3.55. The van der Waals surface area contributed by atoms with Crippen LogP contribution < -0.4 is 0 Å². The van der Waals surface area contributed by atoms with Gasteiger partial charge in [-0.15, -0.1) is 11.3 Å². The summed E-state index contributed by atoms with van der Waals surface area (Å²) in [6, 6.07) is 3.42. The van der Waals surface area contributed by atoms with E-state index in [4.69, 9.17) is 5.11 Å². The van der Waals surface area contributed by atoms with Crippen molar-refractivity contribution in [2.24, 2.45) is 0 Å². The molecular weight excluding hydrogens is 286 g/mol. The molecule has 2 rings (SSSR count). The average molecular weight is 301 g/mol. The first-order chi connectivity index (χ1) is 10.1. The summed E-state index contributed by atoms with van der Waals surface area (Å²) >= 11 is 1.55. The highest BCUT2D eigenvalue weighted by atomic mass is 32.1. The fourth-order valence-corrected chi connectivity index (χ4v) is 2.39. The predicted octanol–water partition coefficient (Wildman–Crippen LogP) is 1.46. The molecule has 1 N–H and O–H groups in total. The first-order valence-electron chi connectivity index (χ1n) is 6.33. The number of nitrogens with zero attached hydrogens (tertiary/aromatic N) is 3. The summed E-state index contributed by atoms with van der Waals surface area (Å²) in [6.07, 6.45) is 1.55. The van der Waals surface area contributed by atoms with Gasteiger partial charge in [0.25, 0.3) is 5.91 Å². The summed E-state index contributed by atoms with van der Waals surface area (Å²) in [6.45, 7) is 2.10. The Morgan fingerprint density at radius 1 is 1.52 bits per heavy atom. The maximum absolute atomic E-state index is 12.4. The lowest BCUT2D eigenvalue weighted by Gasteiger charge is -2.16. The molecule has 108 valence electrons. The van der Waals surface area contributed by atoms with Gasteiger partial charge in [-0.05, 0) is 19.1 Å². The van der Waals surface area contributed by atoms with Crippen molar-refractivity contribution in [1.29, 1.82) is 0 Å². The van der Waals surface area contributed by atoms with Crippen LogP contribution >= 0.6 is 11.3 Å². The molecule has 21 heavy (non-hydrogen) atoms. The molecule has 2 aromatic heterocycles. The minimum Gasteiger partial charge on any atom is -0.384 e. The average Bonchev–Trinajstić information content (AvgIpc) is 2.89. The van der Waals surface area contributed by atoms with Gasteiger partial charge in [0.2, 0.25) is 0 Å². The molecule has 6 heteroatoms. The zero-order valence-electron chi connectivity index (χ0n) is 11.8. The number of aryl methyl sites for hydroxylation is 1. The smallest absolute Gasteiger partial charge is 0.273 e. The predicted molar refractivity (Wildman–Crippen MR) is 80.8 cm³/mol. The molecule has 0 fully saturated rings. The number of amides is 1. The normalized spacial score (nSPS) is 9.86. The third-order valence-electron chi connectivity index (χ3n) is 2.72. The number of rotatable bonds is 3. The lowest BCUT2D eigenvalue weighted by molar-refractivity contribution is 0.0777. The van der Waals surface area contributed by atoms with Crippen molar-refractivity contribution in [2.45, 2.75) is 13.5 Å². The third kappa shape index (κ3) is 3.88. The van der Waals surface area contributed by atoms with Crippen LogP contribution in [0.5, 0.6) is 0 Å². The Bertz CT molecular complexity index is 700. The first-order valence-corrected chi connectivity index (χ1v) is 7.21. The van der Waals surface area contributed by atoms with Crippen LogP contribution in [0.25, 0.3) is 0 Å². The van der Waals surface area contributed by atoms with Gasteiger partial charge in [0.15, 0.2) is 0 Å². The zero-order chi connectivity index (χ0) is 15.2. The molecule has 0 atom stereocenters. The van der Waals surface area contributed by atoms with Gasteiger partial charge in [-0.1, -0.05) is 11.8 Å².